The summed E-state index contributed by atoms with van der Waals surface area (Å²) in [4.78, 5) is 109. The Labute approximate surface area is 356 Å². The Morgan fingerprint density at radius 3 is 1.84 bits per heavy atom. The molecule has 332 valence electrons. The molecule has 3 rings (SSSR count). The normalized spacial score (nSPS) is 14.6. The molecule has 0 aliphatic rings. The fourth-order valence-corrected chi connectivity index (χ4v) is 6.78. The Morgan fingerprint density at radius 2 is 1.23 bits per heavy atom. The van der Waals surface area contributed by atoms with Crippen molar-refractivity contribution >= 4 is 58.0 Å². The van der Waals surface area contributed by atoms with E-state index < -0.39 is 83.9 Å². The van der Waals surface area contributed by atoms with Crippen LogP contribution in [0.15, 0.2) is 60.8 Å². The third-order valence-corrected chi connectivity index (χ3v) is 10.6. The first-order valence-corrected chi connectivity index (χ1v) is 20.6. The van der Waals surface area contributed by atoms with Crippen molar-refractivity contribution in [3.63, 3.8) is 0 Å². The van der Waals surface area contributed by atoms with Crippen LogP contribution in [-0.2, 0) is 51.2 Å². The summed E-state index contributed by atoms with van der Waals surface area (Å²) in [6, 6.07) is 9.22. The van der Waals surface area contributed by atoms with Crippen LogP contribution in [0.3, 0.4) is 0 Å². The van der Waals surface area contributed by atoms with Crippen LogP contribution in [0.4, 0.5) is 0 Å². The minimum absolute atomic E-state index is 0.0173. The number of H-pyrrole nitrogens is 1. The fourth-order valence-electron chi connectivity index (χ4n) is 6.78. The van der Waals surface area contributed by atoms with Gasteiger partial charge >= 0.3 is 0 Å². The van der Waals surface area contributed by atoms with Gasteiger partial charge in [-0.25, -0.2) is 0 Å². The van der Waals surface area contributed by atoms with Gasteiger partial charge in [-0.05, 0) is 62.9 Å². The number of primary amides is 2. The maximum atomic E-state index is 14.5. The molecule has 0 radical (unpaired) electrons. The van der Waals surface area contributed by atoms with Gasteiger partial charge in [-0.1, -0.05) is 75.2 Å². The first-order chi connectivity index (χ1) is 29.1. The zero-order valence-electron chi connectivity index (χ0n) is 35.4. The summed E-state index contributed by atoms with van der Waals surface area (Å²) in [6.07, 6.45) is 3.00. The van der Waals surface area contributed by atoms with Crippen LogP contribution >= 0.6 is 0 Å². The molecule has 0 aliphatic heterocycles. The fraction of sp³-hybridized carbons (Fsp3) is 0.488. The van der Waals surface area contributed by atoms with E-state index in [-0.39, 0.29) is 37.5 Å². The largest absolute Gasteiger partial charge is 0.370 e. The summed E-state index contributed by atoms with van der Waals surface area (Å²) in [6.45, 7) is 5.34. The SMILES string of the molecule is CCC(C)C(NC(=O)C(CCCCN)NC)C(=O)NC(Cc1c[nH]c2ccccc12)C(=O)NC(Cc1ccccc1)C(=O)NC(CCC(N)=O)C(=O)NC(CC(N)=O)C(C)=O. The number of hydrogen-bond donors (Lipinski definition) is 10. The van der Waals surface area contributed by atoms with Crippen LogP contribution in [0.1, 0.15) is 76.8 Å². The molecule has 7 atom stereocenters. The molecule has 3 aromatic rings. The number of nitrogens with one attached hydrogen (secondary N) is 7. The number of aromatic nitrogens is 1. The van der Waals surface area contributed by atoms with Crippen LogP contribution in [0, 0.1) is 5.92 Å². The first kappa shape index (κ1) is 49.2. The zero-order chi connectivity index (χ0) is 45.1. The Morgan fingerprint density at radius 1 is 0.656 bits per heavy atom. The molecule has 7 amide bonds. The predicted molar refractivity (Wildman–Crippen MR) is 230 cm³/mol. The van der Waals surface area contributed by atoms with Crippen LogP contribution in [0.2, 0.25) is 0 Å². The average Bonchev–Trinajstić information content (AvgIpc) is 3.64. The molecule has 0 saturated heterocycles. The van der Waals surface area contributed by atoms with Gasteiger partial charge in [0.25, 0.3) is 0 Å². The third-order valence-electron chi connectivity index (χ3n) is 10.6. The van der Waals surface area contributed by atoms with Crippen LogP contribution in [0.5, 0.6) is 0 Å². The Bertz CT molecular complexity index is 1970. The maximum Gasteiger partial charge on any atom is 0.243 e. The molecule has 0 aliphatic carbocycles. The summed E-state index contributed by atoms with van der Waals surface area (Å²) in [5.74, 6) is -5.96. The minimum atomic E-state index is -1.43. The molecule has 13 N–H and O–H groups in total. The number of hydrogen-bond acceptors (Lipinski definition) is 10. The van der Waals surface area contributed by atoms with E-state index in [9.17, 15) is 38.4 Å². The lowest BCUT2D eigenvalue weighted by Gasteiger charge is -2.29. The number of benzene rings is 2. The lowest BCUT2D eigenvalue weighted by molar-refractivity contribution is -0.135. The van der Waals surface area contributed by atoms with Gasteiger partial charge in [-0.2, -0.15) is 0 Å². The highest BCUT2D eigenvalue weighted by atomic mass is 16.2. The van der Waals surface area contributed by atoms with E-state index in [0.29, 0.717) is 36.9 Å². The van der Waals surface area contributed by atoms with Crippen molar-refractivity contribution in [1.82, 2.24) is 36.9 Å². The van der Waals surface area contributed by atoms with Crippen LogP contribution < -0.4 is 49.1 Å². The van der Waals surface area contributed by atoms with Gasteiger partial charge in [0.1, 0.15) is 24.2 Å². The first-order valence-electron chi connectivity index (χ1n) is 20.6. The Balaban J connectivity index is 2.00. The number of nitrogens with two attached hydrogens (primary N) is 3. The molecular weight excluding hydrogens is 785 g/mol. The van der Waals surface area contributed by atoms with E-state index in [4.69, 9.17) is 17.2 Å². The molecule has 0 spiro atoms. The number of ketones is 1. The quantitative estimate of drug-likeness (QED) is 0.0454. The molecule has 7 unspecified atom stereocenters. The summed E-state index contributed by atoms with van der Waals surface area (Å²) < 4.78 is 0. The molecule has 2 aromatic carbocycles. The number of aromatic amines is 1. The van der Waals surface area contributed by atoms with Crippen molar-refractivity contribution in [1.29, 1.82) is 0 Å². The molecule has 18 nitrogen and oxygen atoms in total. The van der Waals surface area contributed by atoms with Gasteiger partial charge in [0.2, 0.25) is 41.4 Å². The molecule has 0 fully saturated rings. The monoisotopic (exact) mass is 846 g/mol. The second-order valence-electron chi connectivity index (χ2n) is 15.3. The summed E-state index contributed by atoms with van der Waals surface area (Å²) >= 11 is 0. The summed E-state index contributed by atoms with van der Waals surface area (Å²) in [5.41, 5.74) is 18.4. The number of unbranched alkanes of at least 4 members (excludes halogenated alkanes) is 1. The number of rotatable bonds is 27. The van der Waals surface area contributed by atoms with Gasteiger partial charge in [0.15, 0.2) is 5.78 Å². The van der Waals surface area contributed by atoms with E-state index in [1.165, 1.54) is 0 Å². The second-order valence-corrected chi connectivity index (χ2v) is 15.3. The van der Waals surface area contributed by atoms with Gasteiger partial charge in [-0.15, -0.1) is 0 Å². The van der Waals surface area contributed by atoms with E-state index >= 15 is 0 Å². The van der Waals surface area contributed by atoms with Gasteiger partial charge < -0.3 is 54.1 Å². The van der Waals surface area contributed by atoms with E-state index in [1.54, 1.807) is 43.6 Å². The Hall–Kier alpha value is -6.14. The summed E-state index contributed by atoms with van der Waals surface area (Å²) in [5, 5.41) is 17.3. The van der Waals surface area contributed by atoms with Crippen molar-refractivity contribution in [2.75, 3.05) is 13.6 Å². The zero-order valence-corrected chi connectivity index (χ0v) is 35.4. The predicted octanol–water partition coefficient (Wildman–Crippen LogP) is -0.130. The van der Waals surface area contributed by atoms with E-state index in [0.717, 1.165) is 24.2 Å². The van der Waals surface area contributed by atoms with Crippen molar-refractivity contribution in [3.05, 3.63) is 71.9 Å². The standard InChI is InChI=1S/C43H62N10O8/c1-5-25(2)38(53-39(57)31(47-4)17-11-12-20-44)43(61)52-35(22-28-24-48-30-16-10-9-15-29(28)30)42(60)51-34(21-27-13-7-6-8-14-27)41(59)49-32(18-19-36(45)55)40(58)50-33(26(3)54)23-37(46)56/h6-10,13-16,24-25,31-35,38,47-48H,5,11-12,17-23,44H2,1-4H3,(H2,45,55)(H2,46,56)(H,49,59)(H,50,58)(H,51,60)(H,52,61)(H,53,57). The topological polar surface area (TPSA) is 303 Å². The van der Waals surface area contributed by atoms with Crippen molar-refractivity contribution in [2.24, 2.45) is 23.1 Å². The minimum Gasteiger partial charge on any atom is -0.370 e. The molecule has 18 heteroatoms. The molecule has 1 heterocycles. The molecular formula is C43H62N10O8. The van der Waals surface area contributed by atoms with Crippen molar-refractivity contribution in [2.45, 2.75) is 115 Å². The van der Waals surface area contributed by atoms with Gasteiger partial charge in [0, 0.05) is 36.4 Å². The van der Waals surface area contributed by atoms with Crippen LogP contribution in [-0.4, -0.2) is 102 Å². The molecule has 0 bridgehead atoms. The number of amides is 7. The maximum absolute atomic E-state index is 14.5. The second kappa shape index (κ2) is 24.8. The Kier molecular flexibility index (Phi) is 20.0. The average molecular weight is 847 g/mol. The van der Waals surface area contributed by atoms with E-state index in [1.807, 2.05) is 38.1 Å². The summed E-state index contributed by atoms with van der Waals surface area (Å²) in [7, 11) is 1.66. The lowest BCUT2D eigenvalue weighted by Crippen LogP contribution is -2.61. The number of Topliss-reactive ketones (excluding diaryl/α,β-unsaturated/α-hetero) is 1. The number of fused-ring (bicyclic) bond motifs is 1. The number of para-hydroxylation sites is 1. The number of likely N-dealkylation sites (N-methyl/N-ethyl adjacent to an activating group) is 1. The van der Waals surface area contributed by atoms with Gasteiger partial charge in [0.05, 0.1) is 18.5 Å². The van der Waals surface area contributed by atoms with Gasteiger partial charge in [-0.3, -0.25) is 38.4 Å². The number of carbonyl (C=O) groups is 8. The third kappa shape index (κ3) is 15.8. The van der Waals surface area contributed by atoms with E-state index in [2.05, 4.69) is 36.9 Å². The molecule has 0 saturated carbocycles. The highest BCUT2D eigenvalue weighted by molar-refractivity contribution is 5.98. The van der Waals surface area contributed by atoms with Crippen LogP contribution in [0.25, 0.3) is 10.9 Å². The smallest absolute Gasteiger partial charge is 0.243 e. The van der Waals surface area contributed by atoms with Crippen molar-refractivity contribution in [3.8, 4) is 0 Å². The highest BCUT2D eigenvalue weighted by Gasteiger charge is 2.35. The molecule has 61 heavy (non-hydrogen) atoms. The highest BCUT2D eigenvalue weighted by Crippen LogP contribution is 2.20. The van der Waals surface area contributed by atoms with Crippen molar-refractivity contribution < 1.29 is 38.4 Å². The lowest BCUT2D eigenvalue weighted by atomic mass is 9.96. The number of carbonyl (C=O) groups excluding carboxylic acids is 8. The molecule has 1 aromatic heterocycles.